The van der Waals surface area contributed by atoms with Crippen molar-refractivity contribution in [2.75, 3.05) is 14.2 Å². The number of hydrogen-bond donors (Lipinski definition) is 3. The van der Waals surface area contributed by atoms with Crippen LogP contribution in [-0.4, -0.2) is 45.5 Å². The molecule has 0 fully saturated rings. The number of ether oxygens (including phenoxy) is 2. The fraction of sp³-hybridized carbons (Fsp3) is 0.118. The summed E-state index contributed by atoms with van der Waals surface area (Å²) < 4.78 is 12.3. The molecule has 2 aromatic carbocycles. The first-order valence-corrected chi connectivity index (χ1v) is 7.90. The fourth-order valence-corrected chi connectivity index (χ4v) is 2.49. The second-order valence-electron chi connectivity index (χ2n) is 5.23. The SMILES string of the molecule is COc1ccc(-c2n[nH]c(=S)n2/N=C/c2ccc(O)c(O)c2)cc1OC. The van der Waals surface area contributed by atoms with Crippen LogP contribution in [0.4, 0.5) is 0 Å². The quantitative estimate of drug-likeness (QED) is 0.361. The summed E-state index contributed by atoms with van der Waals surface area (Å²) in [5.41, 5.74) is 1.31. The number of phenols is 2. The average Bonchev–Trinajstić information content (AvgIpc) is 3.02. The van der Waals surface area contributed by atoms with Gasteiger partial charge in [0.1, 0.15) is 0 Å². The van der Waals surface area contributed by atoms with Gasteiger partial charge in [0.05, 0.1) is 20.4 Å². The number of phenolic OH excluding ortho intramolecular Hbond substituents is 2. The average molecular weight is 372 g/mol. The molecule has 1 heterocycles. The monoisotopic (exact) mass is 372 g/mol. The molecule has 3 rings (SSSR count). The van der Waals surface area contributed by atoms with Gasteiger partial charge in [0.15, 0.2) is 28.8 Å². The van der Waals surface area contributed by atoms with Crippen molar-refractivity contribution >= 4 is 18.4 Å². The van der Waals surface area contributed by atoms with E-state index in [-0.39, 0.29) is 11.5 Å². The molecule has 0 atom stereocenters. The minimum absolute atomic E-state index is 0.201. The normalized spacial score (nSPS) is 11.0. The van der Waals surface area contributed by atoms with Gasteiger partial charge in [-0.05, 0) is 54.2 Å². The number of aromatic nitrogens is 3. The first-order valence-electron chi connectivity index (χ1n) is 7.49. The van der Waals surface area contributed by atoms with E-state index >= 15 is 0 Å². The van der Waals surface area contributed by atoms with Gasteiger partial charge >= 0.3 is 0 Å². The molecule has 0 aliphatic heterocycles. The maximum atomic E-state index is 9.57. The summed E-state index contributed by atoms with van der Waals surface area (Å²) in [4.78, 5) is 0. The Bertz CT molecular complexity index is 1030. The number of nitrogens with zero attached hydrogens (tertiary/aromatic N) is 3. The number of methoxy groups -OCH3 is 2. The van der Waals surface area contributed by atoms with Crippen LogP contribution < -0.4 is 9.47 Å². The third-order valence-electron chi connectivity index (χ3n) is 3.61. The molecule has 0 saturated carbocycles. The van der Waals surface area contributed by atoms with E-state index in [4.69, 9.17) is 21.7 Å². The van der Waals surface area contributed by atoms with Crippen molar-refractivity contribution in [1.82, 2.24) is 14.9 Å². The van der Waals surface area contributed by atoms with Crippen LogP contribution in [0.2, 0.25) is 0 Å². The summed E-state index contributed by atoms with van der Waals surface area (Å²) in [6, 6.07) is 9.71. The van der Waals surface area contributed by atoms with Crippen LogP contribution in [0.25, 0.3) is 11.4 Å². The number of rotatable bonds is 5. The first-order chi connectivity index (χ1) is 12.5. The van der Waals surface area contributed by atoms with Crippen LogP contribution >= 0.6 is 12.2 Å². The van der Waals surface area contributed by atoms with E-state index in [0.717, 1.165) is 5.56 Å². The number of hydrogen-bond acceptors (Lipinski definition) is 7. The van der Waals surface area contributed by atoms with Gasteiger partial charge in [-0.1, -0.05) is 0 Å². The topological polar surface area (TPSA) is 105 Å². The van der Waals surface area contributed by atoms with Gasteiger partial charge in [0.2, 0.25) is 4.77 Å². The molecule has 0 spiro atoms. The van der Waals surface area contributed by atoms with E-state index < -0.39 is 0 Å². The lowest BCUT2D eigenvalue weighted by atomic mass is 10.2. The van der Waals surface area contributed by atoms with Crippen LogP contribution in [-0.2, 0) is 0 Å². The molecule has 0 amide bonds. The summed E-state index contributed by atoms with van der Waals surface area (Å²) in [5.74, 6) is 1.20. The Kier molecular flexibility index (Phi) is 4.90. The Morgan fingerprint density at radius 3 is 2.54 bits per heavy atom. The molecule has 9 heteroatoms. The highest BCUT2D eigenvalue weighted by molar-refractivity contribution is 7.71. The van der Waals surface area contributed by atoms with Crippen molar-refractivity contribution in [2.45, 2.75) is 0 Å². The van der Waals surface area contributed by atoms with Crippen LogP contribution in [0.1, 0.15) is 5.56 Å². The predicted octanol–water partition coefficient (Wildman–Crippen LogP) is 2.92. The summed E-state index contributed by atoms with van der Waals surface area (Å²) >= 11 is 5.23. The third-order valence-corrected chi connectivity index (χ3v) is 3.88. The standard InChI is InChI=1S/C17H16N4O4S/c1-24-14-6-4-11(8-15(14)25-2)16-19-20-17(26)21(16)18-9-10-3-5-12(22)13(23)7-10/h3-9,22-23H,1-2H3,(H,20,26)/b18-9+. The number of H-pyrrole nitrogens is 1. The van der Waals surface area contributed by atoms with Crippen LogP contribution in [0.3, 0.4) is 0 Å². The van der Waals surface area contributed by atoms with Gasteiger partial charge in [-0.3, -0.25) is 0 Å². The van der Waals surface area contributed by atoms with Crippen LogP contribution in [0.5, 0.6) is 23.0 Å². The summed E-state index contributed by atoms with van der Waals surface area (Å²) in [7, 11) is 3.11. The largest absolute Gasteiger partial charge is 0.504 e. The molecule has 3 aromatic rings. The zero-order valence-corrected chi connectivity index (χ0v) is 14.8. The molecule has 8 nitrogen and oxygen atoms in total. The minimum atomic E-state index is -0.232. The Morgan fingerprint density at radius 1 is 1.08 bits per heavy atom. The van der Waals surface area contributed by atoms with Crippen LogP contribution in [0.15, 0.2) is 41.5 Å². The van der Waals surface area contributed by atoms with Gasteiger partial charge < -0.3 is 19.7 Å². The maximum Gasteiger partial charge on any atom is 0.216 e. The van der Waals surface area contributed by atoms with E-state index in [1.54, 1.807) is 32.4 Å². The third kappa shape index (κ3) is 3.38. The van der Waals surface area contributed by atoms with Gasteiger partial charge in [0, 0.05) is 5.56 Å². The van der Waals surface area contributed by atoms with Gasteiger partial charge in [-0.25, -0.2) is 5.10 Å². The van der Waals surface area contributed by atoms with Crippen molar-refractivity contribution in [3.63, 3.8) is 0 Å². The Hall–Kier alpha value is -3.33. The summed E-state index contributed by atoms with van der Waals surface area (Å²) in [5, 5.41) is 30.2. The van der Waals surface area contributed by atoms with Gasteiger partial charge in [-0.15, -0.1) is 0 Å². The molecule has 134 valence electrons. The molecule has 26 heavy (non-hydrogen) atoms. The van der Waals surface area contributed by atoms with E-state index in [0.29, 0.717) is 27.7 Å². The lowest BCUT2D eigenvalue weighted by Crippen LogP contribution is -1.96. The first kappa shape index (κ1) is 17.5. The Balaban J connectivity index is 2.00. The van der Waals surface area contributed by atoms with Crippen LogP contribution in [0, 0.1) is 4.77 Å². The van der Waals surface area contributed by atoms with E-state index in [2.05, 4.69) is 15.3 Å². The molecule has 0 saturated heterocycles. The van der Waals surface area contributed by atoms with E-state index in [9.17, 15) is 10.2 Å². The van der Waals surface area contributed by atoms with E-state index in [1.165, 1.54) is 23.0 Å². The minimum Gasteiger partial charge on any atom is -0.504 e. The Morgan fingerprint density at radius 2 is 1.85 bits per heavy atom. The Labute approximate surface area is 154 Å². The highest BCUT2D eigenvalue weighted by Crippen LogP contribution is 2.31. The number of nitrogens with one attached hydrogen (secondary N) is 1. The van der Waals surface area contributed by atoms with Crippen molar-refractivity contribution in [3.8, 4) is 34.4 Å². The molecule has 0 unspecified atom stereocenters. The molecule has 3 N–H and O–H groups in total. The van der Waals surface area contributed by atoms with Gasteiger partial charge in [-0.2, -0.15) is 14.9 Å². The van der Waals surface area contributed by atoms with Crippen molar-refractivity contribution < 1.29 is 19.7 Å². The zero-order valence-electron chi connectivity index (χ0n) is 14.0. The second-order valence-corrected chi connectivity index (χ2v) is 5.61. The highest BCUT2D eigenvalue weighted by atomic mass is 32.1. The lowest BCUT2D eigenvalue weighted by Gasteiger charge is -2.09. The fourth-order valence-electron chi connectivity index (χ4n) is 2.31. The van der Waals surface area contributed by atoms with Gasteiger partial charge in [0.25, 0.3) is 0 Å². The molecule has 0 aliphatic carbocycles. The molecule has 0 aliphatic rings. The van der Waals surface area contributed by atoms with E-state index in [1.807, 2.05) is 6.07 Å². The molecule has 0 radical (unpaired) electrons. The number of benzene rings is 2. The predicted molar refractivity (Wildman–Crippen MR) is 98.7 cm³/mol. The highest BCUT2D eigenvalue weighted by Gasteiger charge is 2.12. The van der Waals surface area contributed by atoms with Crippen molar-refractivity contribution in [3.05, 3.63) is 46.7 Å². The molecular weight excluding hydrogens is 356 g/mol. The number of aromatic hydroxyl groups is 2. The summed E-state index contributed by atoms with van der Waals surface area (Å²) in [6.07, 6.45) is 1.49. The molecule has 0 bridgehead atoms. The van der Waals surface area contributed by atoms with Crippen molar-refractivity contribution in [2.24, 2.45) is 5.10 Å². The number of aromatic amines is 1. The maximum absolute atomic E-state index is 9.57. The zero-order chi connectivity index (χ0) is 18.7. The summed E-state index contributed by atoms with van der Waals surface area (Å²) in [6.45, 7) is 0. The van der Waals surface area contributed by atoms with Crippen molar-refractivity contribution in [1.29, 1.82) is 0 Å². The molecule has 1 aromatic heterocycles. The molecular formula is C17H16N4O4S. The smallest absolute Gasteiger partial charge is 0.216 e. The second kappa shape index (κ2) is 7.28. The lowest BCUT2D eigenvalue weighted by molar-refractivity contribution is 0.355.